The number of carbonyl (C=O) groups excluding carboxylic acids is 1. The number of aliphatic hydroxyl groups excluding tert-OH is 1. The number of ether oxygens (including phenoxy) is 1. The zero-order chi connectivity index (χ0) is 18.4. The molecule has 0 heterocycles. The largest absolute Gasteiger partial charge is 0.450 e. The van der Waals surface area contributed by atoms with E-state index in [1.54, 1.807) is 23.9 Å². The van der Waals surface area contributed by atoms with Gasteiger partial charge in [-0.2, -0.15) is 0 Å². The smallest absolute Gasteiger partial charge is 0.404 e. The Labute approximate surface area is 161 Å². The molecule has 0 radical (unpaired) electrons. The number of thioether (sulfide) groups is 1. The predicted octanol–water partition coefficient (Wildman–Crippen LogP) is 5.02. The van der Waals surface area contributed by atoms with E-state index in [4.69, 9.17) is 33.7 Å². The molecule has 134 valence electrons. The van der Waals surface area contributed by atoms with Crippen LogP contribution in [-0.4, -0.2) is 24.1 Å². The summed E-state index contributed by atoms with van der Waals surface area (Å²) in [5.74, 6) is -0.331. The van der Waals surface area contributed by atoms with E-state index >= 15 is 0 Å². The van der Waals surface area contributed by atoms with Gasteiger partial charge in [0.2, 0.25) is 0 Å². The highest BCUT2D eigenvalue weighted by molar-refractivity contribution is 7.98. The first-order chi connectivity index (χ1) is 11.9. The van der Waals surface area contributed by atoms with Crippen molar-refractivity contribution in [2.45, 2.75) is 23.3 Å². The quantitative estimate of drug-likeness (QED) is 0.641. The van der Waals surface area contributed by atoms with Gasteiger partial charge in [-0.3, -0.25) is 0 Å². The van der Waals surface area contributed by atoms with Gasteiger partial charge >= 0.3 is 6.09 Å². The van der Waals surface area contributed by atoms with Crippen LogP contribution in [0, 0.1) is 0 Å². The molecule has 0 aliphatic carbocycles. The van der Waals surface area contributed by atoms with Crippen molar-refractivity contribution in [2.24, 2.45) is 5.73 Å². The van der Waals surface area contributed by atoms with E-state index in [-0.39, 0.29) is 12.5 Å². The SMILES string of the molecule is CSc1ccccc1[C@@H](O)[C@@H](CCOC(N)=O)c1ccc(Cl)c(Cl)c1. The maximum Gasteiger partial charge on any atom is 0.404 e. The summed E-state index contributed by atoms with van der Waals surface area (Å²) in [6.07, 6.45) is 0.713. The van der Waals surface area contributed by atoms with E-state index in [9.17, 15) is 9.90 Å². The molecule has 0 bridgehead atoms. The van der Waals surface area contributed by atoms with Crippen LogP contribution < -0.4 is 5.73 Å². The third-order valence-corrected chi connectivity index (χ3v) is 5.43. The van der Waals surface area contributed by atoms with Gasteiger partial charge in [0.1, 0.15) is 0 Å². The Morgan fingerprint density at radius 3 is 2.60 bits per heavy atom. The number of nitrogens with two attached hydrogens (primary N) is 1. The predicted molar refractivity (Wildman–Crippen MR) is 103 cm³/mol. The fourth-order valence-corrected chi connectivity index (χ4v) is 3.61. The summed E-state index contributed by atoms with van der Waals surface area (Å²) in [5, 5.41) is 11.9. The van der Waals surface area contributed by atoms with Gasteiger partial charge in [0, 0.05) is 10.8 Å². The summed E-state index contributed by atoms with van der Waals surface area (Å²) in [7, 11) is 0. The molecule has 3 N–H and O–H groups in total. The number of carbonyl (C=O) groups is 1. The topological polar surface area (TPSA) is 72.6 Å². The van der Waals surface area contributed by atoms with E-state index in [2.05, 4.69) is 0 Å². The average molecular weight is 400 g/mol. The minimum Gasteiger partial charge on any atom is -0.450 e. The molecule has 0 saturated heterocycles. The Bertz CT molecular complexity index is 742. The highest BCUT2D eigenvalue weighted by Crippen LogP contribution is 2.39. The van der Waals surface area contributed by atoms with Gasteiger partial charge in [0.05, 0.1) is 22.8 Å². The van der Waals surface area contributed by atoms with Crippen molar-refractivity contribution in [1.82, 2.24) is 0 Å². The van der Waals surface area contributed by atoms with E-state index in [0.29, 0.717) is 16.5 Å². The molecular weight excluding hydrogens is 381 g/mol. The Hall–Kier alpha value is -1.40. The molecule has 25 heavy (non-hydrogen) atoms. The van der Waals surface area contributed by atoms with Gasteiger partial charge < -0.3 is 15.6 Å². The van der Waals surface area contributed by atoms with E-state index < -0.39 is 12.2 Å². The Balaban J connectivity index is 2.35. The highest BCUT2D eigenvalue weighted by Gasteiger charge is 2.25. The fourth-order valence-electron chi connectivity index (χ4n) is 2.66. The van der Waals surface area contributed by atoms with E-state index in [1.807, 2.05) is 36.6 Å². The van der Waals surface area contributed by atoms with Crippen molar-refractivity contribution in [1.29, 1.82) is 0 Å². The van der Waals surface area contributed by atoms with Crippen molar-refractivity contribution in [3.63, 3.8) is 0 Å². The van der Waals surface area contributed by atoms with Crippen LogP contribution in [0.15, 0.2) is 47.4 Å². The van der Waals surface area contributed by atoms with Crippen LogP contribution in [0.1, 0.15) is 29.6 Å². The van der Waals surface area contributed by atoms with Crippen LogP contribution in [-0.2, 0) is 4.74 Å². The van der Waals surface area contributed by atoms with Crippen LogP contribution in [0.5, 0.6) is 0 Å². The first kappa shape index (κ1) is 19.9. The Kier molecular flexibility index (Phi) is 7.44. The maximum absolute atomic E-state index is 11.0. The molecule has 1 amide bonds. The second-order valence-corrected chi connectivity index (χ2v) is 7.09. The minimum absolute atomic E-state index is 0.0960. The lowest BCUT2D eigenvalue weighted by Gasteiger charge is -2.25. The maximum atomic E-state index is 11.0. The molecule has 2 aromatic rings. The van der Waals surface area contributed by atoms with Crippen LogP contribution in [0.2, 0.25) is 10.0 Å². The summed E-state index contributed by atoms with van der Waals surface area (Å²) in [4.78, 5) is 11.8. The second kappa shape index (κ2) is 9.34. The van der Waals surface area contributed by atoms with Gasteiger partial charge in [-0.15, -0.1) is 11.8 Å². The summed E-state index contributed by atoms with van der Waals surface area (Å²) < 4.78 is 4.85. The van der Waals surface area contributed by atoms with Crippen molar-refractivity contribution in [3.8, 4) is 0 Å². The summed E-state index contributed by atoms with van der Waals surface area (Å²) in [5.41, 5.74) is 6.65. The zero-order valence-electron chi connectivity index (χ0n) is 13.6. The number of hydrogen-bond acceptors (Lipinski definition) is 4. The zero-order valence-corrected chi connectivity index (χ0v) is 15.9. The van der Waals surface area contributed by atoms with Crippen molar-refractivity contribution in [3.05, 3.63) is 63.6 Å². The number of rotatable bonds is 7. The molecule has 0 aliphatic rings. The lowest BCUT2D eigenvalue weighted by Crippen LogP contribution is -2.18. The fraction of sp³-hybridized carbons (Fsp3) is 0.278. The van der Waals surface area contributed by atoms with Gasteiger partial charge in [-0.1, -0.05) is 47.5 Å². The van der Waals surface area contributed by atoms with Gasteiger partial charge in [0.25, 0.3) is 0 Å². The molecule has 7 heteroatoms. The van der Waals surface area contributed by atoms with Gasteiger partial charge in [-0.05, 0) is 42.0 Å². The Morgan fingerprint density at radius 2 is 1.96 bits per heavy atom. The van der Waals surface area contributed by atoms with Crippen molar-refractivity contribution < 1.29 is 14.6 Å². The van der Waals surface area contributed by atoms with Crippen LogP contribution in [0.4, 0.5) is 4.79 Å². The van der Waals surface area contributed by atoms with Crippen LogP contribution >= 0.6 is 35.0 Å². The molecule has 4 nitrogen and oxygen atoms in total. The molecule has 2 atom stereocenters. The lowest BCUT2D eigenvalue weighted by molar-refractivity contribution is 0.112. The highest BCUT2D eigenvalue weighted by atomic mass is 35.5. The first-order valence-electron chi connectivity index (χ1n) is 7.62. The summed E-state index contributed by atoms with van der Waals surface area (Å²) in [6, 6.07) is 12.9. The van der Waals surface area contributed by atoms with Gasteiger partial charge in [-0.25, -0.2) is 4.79 Å². The molecule has 0 aromatic heterocycles. The number of halogens is 2. The first-order valence-corrected chi connectivity index (χ1v) is 9.60. The van der Waals surface area contributed by atoms with E-state index in [1.165, 1.54) is 0 Å². The molecule has 0 aliphatic heterocycles. The molecular formula is C18H19Cl2NO3S. The van der Waals surface area contributed by atoms with Gasteiger partial charge in [0.15, 0.2) is 0 Å². The number of aliphatic hydroxyl groups is 1. The molecule has 0 saturated carbocycles. The van der Waals surface area contributed by atoms with Crippen molar-refractivity contribution >= 4 is 41.1 Å². The monoisotopic (exact) mass is 399 g/mol. The Morgan fingerprint density at radius 1 is 1.24 bits per heavy atom. The standard InChI is InChI=1S/C18H19Cl2NO3S/c1-25-16-5-3-2-4-13(16)17(22)12(8-9-24-18(21)23)11-6-7-14(19)15(20)10-11/h2-7,10,12,17,22H,8-9H2,1H3,(H2,21,23)/t12-,17-/m0/s1. The third-order valence-electron chi connectivity index (χ3n) is 3.88. The number of benzene rings is 2. The van der Waals surface area contributed by atoms with E-state index in [0.717, 1.165) is 16.0 Å². The summed E-state index contributed by atoms with van der Waals surface area (Å²) in [6.45, 7) is 0.0960. The normalized spacial score (nSPS) is 13.3. The van der Waals surface area contributed by atoms with Crippen LogP contribution in [0.25, 0.3) is 0 Å². The number of amides is 1. The number of hydrogen-bond donors (Lipinski definition) is 2. The van der Waals surface area contributed by atoms with Crippen molar-refractivity contribution in [2.75, 3.05) is 12.9 Å². The summed E-state index contributed by atoms with van der Waals surface area (Å²) >= 11 is 13.7. The molecule has 0 fully saturated rings. The number of primary amides is 1. The molecule has 0 unspecified atom stereocenters. The second-order valence-electron chi connectivity index (χ2n) is 5.42. The minimum atomic E-state index is -0.841. The molecule has 2 aromatic carbocycles. The van der Waals surface area contributed by atoms with Crippen LogP contribution in [0.3, 0.4) is 0 Å². The molecule has 0 spiro atoms. The third kappa shape index (κ3) is 5.28. The lowest BCUT2D eigenvalue weighted by atomic mass is 9.87. The molecule has 2 rings (SSSR count). The average Bonchev–Trinajstić information content (AvgIpc) is 2.60.